The SMILES string of the molecule is Cc1cccc([C@@H](C(=O)O)N2CCCN(C(=O)OC(C)(C)C)CC2)c1. The fraction of sp³-hybridized carbons (Fsp3) is 0.579. The second-order valence-electron chi connectivity index (χ2n) is 7.51. The van der Waals surface area contributed by atoms with Crippen LogP contribution in [0.1, 0.15) is 44.4 Å². The molecule has 2 rings (SSSR count). The smallest absolute Gasteiger partial charge is 0.410 e. The van der Waals surface area contributed by atoms with Crippen LogP contribution < -0.4 is 0 Å². The van der Waals surface area contributed by atoms with Crippen LogP contribution in [-0.2, 0) is 9.53 Å². The normalized spacial score (nSPS) is 17.7. The lowest BCUT2D eigenvalue weighted by Gasteiger charge is -2.29. The molecule has 25 heavy (non-hydrogen) atoms. The zero-order valence-corrected chi connectivity index (χ0v) is 15.5. The Morgan fingerprint density at radius 1 is 1.16 bits per heavy atom. The third-order valence-corrected chi connectivity index (χ3v) is 4.14. The molecule has 0 spiro atoms. The van der Waals surface area contributed by atoms with E-state index in [1.807, 2.05) is 56.9 Å². The van der Waals surface area contributed by atoms with Gasteiger partial charge in [0, 0.05) is 26.2 Å². The summed E-state index contributed by atoms with van der Waals surface area (Å²) < 4.78 is 5.43. The summed E-state index contributed by atoms with van der Waals surface area (Å²) >= 11 is 0. The molecule has 0 aliphatic carbocycles. The molecule has 1 amide bonds. The molecular formula is C19H28N2O4. The average Bonchev–Trinajstić information content (AvgIpc) is 2.71. The fourth-order valence-electron chi connectivity index (χ4n) is 3.05. The summed E-state index contributed by atoms with van der Waals surface area (Å²) in [6, 6.07) is 6.90. The van der Waals surface area contributed by atoms with Crippen molar-refractivity contribution in [1.82, 2.24) is 9.80 Å². The number of nitrogens with zero attached hydrogens (tertiary/aromatic N) is 2. The monoisotopic (exact) mass is 348 g/mol. The van der Waals surface area contributed by atoms with Crippen molar-refractivity contribution in [3.63, 3.8) is 0 Å². The Bertz CT molecular complexity index is 624. The van der Waals surface area contributed by atoms with Gasteiger partial charge in [0.05, 0.1) is 0 Å². The Morgan fingerprint density at radius 3 is 2.48 bits per heavy atom. The van der Waals surface area contributed by atoms with Gasteiger partial charge in [0.1, 0.15) is 11.6 Å². The van der Waals surface area contributed by atoms with Crippen LogP contribution in [0.15, 0.2) is 24.3 Å². The highest BCUT2D eigenvalue weighted by Crippen LogP contribution is 2.24. The van der Waals surface area contributed by atoms with Gasteiger partial charge in [0.25, 0.3) is 0 Å². The van der Waals surface area contributed by atoms with Crippen molar-refractivity contribution in [3.8, 4) is 0 Å². The summed E-state index contributed by atoms with van der Waals surface area (Å²) in [5.74, 6) is -0.865. The molecule has 6 heteroatoms. The maximum absolute atomic E-state index is 12.3. The van der Waals surface area contributed by atoms with Crippen LogP contribution >= 0.6 is 0 Å². The van der Waals surface area contributed by atoms with Crippen LogP contribution in [0, 0.1) is 6.92 Å². The van der Waals surface area contributed by atoms with Gasteiger partial charge in [0.15, 0.2) is 0 Å². The van der Waals surface area contributed by atoms with Crippen LogP contribution in [0.4, 0.5) is 4.79 Å². The number of carbonyl (C=O) groups is 2. The zero-order chi connectivity index (χ0) is 18.6. The first kappa shape index (κ1) is 19.2. The van der Waals surface area contributed by atoms with Gasteiger partial charge < -0.3 is 14.7 Å². The second kappa shape index (κ2) is 7.87. The lowest BCUT2D eigenvalue weighted by atomic mass is 10.0. The highest BCUT2D eigenvalue weighted by molar-refractivity contribution is 5.75. The number of aliphatic carboxylic acids is 1. The molecule has 0 bridgehead atoms. The Hall–Kier alpha value is -2.08. The molecule has 1 aromatic carbocycles. The first-order valence-electron chi connectivity index (χ1n) is 8.69. The summed E-state index contributed by atoms with van der Waals surface area (Å²) in [6.07, 6.45) is 0.381. The largest absolute Gasteiger partial charge is 0.480 e. The Morgan fingerprint density at radius 2 is 1.88 bits per heavy atom. The van der Waals surface area contributed by atoms with E-state index in [1.54, 1.807) is 4.90 Å². The van der Waals surface area contributed by atoms with Crippen molar-refractivity contribution in [2.45, 2.75) is 45.8 Å². The van der Waals surface area contributed by atoms with Gasteiger partial charge in [-0.05, 0) is 39.7 Å². The fourth-order valence-corrected chi connectivity index (χ4v) is 3.05. The van der Waals surface area contributed by atoms with E-state index in [1.165, 1.54) is 0 Å². The van der Waals surface area contributed by atoms with Crippen LogP contribution in [0.5, 0.6) is 0 Å². The number of benzene rings is 1. The van der Waals surface area contributed by atoms with Gasteiger partial charge in [-0.25, -0.2) is 4.79 Å². The predicted molar refractivity (Wildman–Crippen MR) is 95.6 cm³/mol. The molecule has 1 atom stereocenters. The number of hydrogen-bond acceptors (Lipinski definition) is 4. The Balaban J connectivity index is 2.10. The summed E-state index contributed by atoms with van der Waals surface area (Å²) in [4.78, 5) is 27.7. The van der Waals surface area contributed by atoms with Gasteiger partial charge in [-0.2, -0.15) is 0 Å². The zero-order valence-electron chi connectivity index (χ0n) is 15.5. The number of ether oxygens (including phenoxy) is 1. The minimum atomic E-state index is -0.865. The molecule has 0 unspecified atom stereocenters. The number of carboxylic acids is 1. The highest BCUT2D eigenvalue weighted by atomic mass is 16.6. The van der Waals surface area contributed by atoms with Gasteiger partial charge in [0.2, 0.25) is 0 Å². The van der Waals surface area contributed by atoms with Gasteiger partial charge in [-0.15, -0.1) is 0 Å². The van der Waals surface area contributed by atoms with Crippen molar-refractivity contribution >= 4 is 12.1 Å². The van der Waals surface area contributed by atoms with Crippen molar-refractivity contribution in [1.29, 1.82) is 0 Å². The lowest BCUT2D eigenvalue weighted by molar-refractivity contribution is -0.143. The van der Waals surface area contributed by atoms with Gasteiger partial charge in [-0.3, -0.25) is 9.69 Å². The molecule has 1 saturated heterocycles. The molecule has 0 aromatic heterocycles. The van der Waals surface area contributed by atoms with E-state index in [2.05, 4.69) is 0 Å². The van der Waals surface area contributed by atoms with E-state index >= 15 is 0 Å². The summed E-state index contributed by atoms with van der Waals surface area (Å²) in [6.45, 7) is 9.65. The van der Waals surface area contributed by atoms with E-state index in [0.29, 0.717) is 26.2 Å². The van der Waals surface area contributed by atoms with E-state index in [9.17, 15) is 14.7 Å². The third-order valence-electron chi connectivity index (χ3n) is 4.14. The van der Waals surface area contributed by atoms with E-state index in [-0.39, 0.29) is 6.09 Å². The van der Waals surface area contributed by atoms with E-state index < -0.39 is 17.6 Å². The average molecular weight is 348 g/mol. The molecule has 1 fully saturated rings. The number of hydrogen-bond donors (Lipinski definition) is 1. The summed E-state index contributed by atoms with van der Waals surface area (Å²) in [5.41, 5.74) is 1.28. The van der Waals surface area contributed by atoms with Crippen molar-refractivity contribution in [2.24, 2.45) is 0 Å². The molecule has 0 saturated carbocycles. The molecule has 0 radical (unpaired) electrons. The number of rotatable bonds is 3. The molecule has 6 nitrogen and oxygen atoms in total. The summed E-state index contributed by atoms with van der Waals surface area (Å²) in [7, 11) is 0. The first-order valence-corrected chi connectivity index (χ1v) is 8.69. The topological polar surface area (TPSA) is 70.1 Å². The number of aryl methyl sites for hydroxylation is 1. The van der Waals surface area contributed by atoms with E-state index in [0.717, 1.165) is 17.5 Å². The van der Waals surface area contributed by atoms with E-state index in [4.69, 9.17) is 4.74 Å². The Kier molecular flexibility index (Phi) is 6.06. The van der Waals surface area contributed by atoms with Crippen LogP contribution in [0.2, 0.25) is 0 Å². The number of amides is 1. The quantitative estimate of drug-likeness (QED) is 0.909. The minimum absolute atomic E-state index is 0.336. The highest BCUT2D eigenvalue weighted by Gasteiger charge is 2.31. The second-order valence-corrected chi connectivity index (χ2v) is 7.51. The molecule has 1 aromatic rings. The standard InChI is InChI=1S/C19H28N2O4/c1-14-7-5-8-15(13-14)16(17(22)23)20-9-6-10-21(12-11-20)18(24)25-19(2,3)4/h5,7-8,13,16H,6,9-12H2,1-4H3,(H,22,23)/t16-/m0/s1. The number of carbonyl (C=O) groups excluding carboxylic acids is 1. The molecule has 1 aliphatic rings. The maximum Gasteiger partial charge on any atom is 0.410 e. The van der Waals surface area contributed by atoms with Crippen molar-refractivity contribution in [2.75, 3.05) is 26.2 Å². The predicted octanol–water partition coefficient (Wildman–Crippen LogP) is 3.06. The lowest BCUT2D eigenvalue weighted by Crippen LogP contribution is -2.40. The van der Waals surface area contributed by atoms with Crippen LogP contribution in [0.3, 0.4) is 0 Å². The Labute approximate surface area is 149 Å². The summed E-state index contributed by atoms with van der Waals surface area (Å²) in [5, 5.41) is 9.74. The molecule has 1 N–H and O–H groups in total. The first-order chi connectivity index (χ1) is 11.7. The molecule has 138 valence electrons. The van der Waals surface area contributed by atoms with Crippen LogP contribution in [0.25, 0.3) is 0 Å². The minimum Gasteiger partial charge on any atom is -0.480 e. The van der Waals surface area contributed by atoms with Crippen molar-refractivity contribution < 1.29 is 19.4 Å². The molecule has 1 aliphatic heterocycles. The molecular weight excluding hydrogens is 320 g/mol. The van der Waals surface area contributed by atoms with Gasteiger partial charge in [-0.1, -0.05) is 29.8 Å². The van der Waals surface area contributed by atoms with Crippen molar-refractivity contribution in [3.05, 3.63) is 35.4 Å². The maximum atomic E-state index is 12.3. The van der Waals surface area contributed by atoms with Gasteiger partial charge >= 0.3 is 12.1 Å². The number of carboxylic acid groups (broad SMARTS) is 1. The molecule has 1 heterocycles. The van der Waals surface area contributed by atoms with Crippen LogP contribution in [-0.4, -0.2) is 58.7 Å². The third kappa shape index (κ3) is 5.46.